The second kappa shape index (κ2) is 8.61. The van der Waals surface area contributed by atoms with Crippen molar-refractivity contribution in [3.8, 4) is 23.4 Å². The number of nitriles is 2. The molecule has 0 fully saturated rings. The molecule has 32 heavy (non-hydrogen) atoms. The fourth-order valence-corrected chi connectivity index (χ4v) is 4.00. The molecule has 0 saturated heterocycles. The van der Waals surface area contributed by atoms with Crippen molar-refractivity contribution < 1.29 is 17.9 Å². The minimum Gasteiger partial charge on any atom is -0.368 e. The number of alkyl halides is 3. The number of rotatable bonds is 6. The zero-order valence-corrected chi connectivity index (χ0v) is 18.8. The quantitative estimate of drug-likeness (QED) is 0.421. The summed E-state index contributed by atoms with van der Waals surface area (Å²) >= 11 is 0. The molecule has 7 nitrogen and oxygen atoms in total. The van der Waals surface area contributed by atoms with Gasteiger partial charge in [-0.15, -0.1) is 0 Å². The first-order valence-electron chi connectivity index (χ1n) is 9.70. The molecule has 0 unspecified atom stereocenters. The minimum absolute atomic E-state index is 0.00641. The maximum Gasteiger partial charge on any atom is 0.419 e. The average Bonchev–Trinajstić information content (AvgIpc) is 3.07. The third-order valence-corrected chi connectivity index (χ3v) is 6.57. The number of benzene rings is 1. The molecule has 0 aliphatic rings. The number of ether oxygens (including phenoxy) is 1. The Morgan fingerprint density at radius 2 is 1.91 bits per heavy atom. The summed E-state index contributed by atoms with van der Waals surface area (Å²) in [6.07, 6.45) is -2.63. The zero-order valence-electron chi connectivity index (χ0n) is 17.8. The molecule has 0 saturated carbocycles. The molecule has 0 spiro atoms. The normalized spacial score (nSPS) is 12.0. The van der Waals surface area contributed by atoms with E-state index in [-0.39, 0.29) is 29.4 Å². The first kappa shape index (κ1) is 23.3. The molecule has 0 aliphatic heterocycles. The van der Waals surface area contributed by atoms with Gasteiger partial charge >= 0.3 is 6.18 Å². The fraction of sp³-hybridized carbons (Fsp3) is 0.333. The van der Waals surface area contributed by atoms with Gasteiger partial charge in [-0.1, -0.05) is 25.7 Å². The number of hydrogen-bond acceptors (Lipinski definition) is 6. The number of nitrogens with two attached hydrogens (primary N) is 1. The van der Waals surface area contributed by atoms with Gasteiger partial charge in [0.25, 0.3) is 0 Å². The van der Waals surface area contributed by atoms with Crippen LogP contribution in [0.2, 0.25) is 25.7 Å². The van der Waals surface area contributed by atoms with Crippen LogP contribution in [0.25, 0.3) is 22.2 Å². The highest BCUT2D eigenvalue weighted by atomic mass is 28.3. The van der Waals surface area contributed by atoms with E-state index in [2.05, 4.69) is 29.6 Å². The van der Waals surface area contributed by atoms with Crippen LogP contribution < -0.4 is 5.73 Å². The van der Waals surface area contributed by atoms with Crippen molar-refractivity contribution in [1.29, 1.82) is 10.5 Å². The highest BCUT2D eigenvalue weighted by Crippen LogP contribution is 2.40. The Hall–Kier alpha value is -3.41. The summed E-state index contributed by atoms with van der Waals surface area (Å²) in [6.45, 7) is 7.07. The van der Waals surface area contributed by atoms with Crippen molar-refractivity contribution in [2.24, 2.45) is 0 Å². The van der Waals surface area contributed by atoms with E-state index in [1.165, 1.54) is 22.9 Å². The van der Waals surface area contributed by atoms with Gasteiger partial charge < -0.3 is 15.0 Å². The Balaban J connectivity index is 2.21. The van der Waals surface area contributed by atoms with Gasteiger partial charge in [0.05, 0.1) is 22.3 Å². The summed E-state index contributed by atoms with van der Waals surface area (Å²) in [5, 5.41) is 19.4. The standard InChI is InChI=1S/C21H21F3N6OSi/c1-32(2,3)7-6-31-12-30-11-16(14-5-4-13(8-25)15(9-26)19(14)30)18-17(21(22,23)24)10-28-20(27)29-18/h4-5,10-11H,6-7,12H2,1-3H3,(H2,27,28,29). The van der Waals surface area contributed by atoms with Crippen LogP contribution in [-0.2, 0) is 17.6 Å². The molecule has 2 heterocycles. The summed E-state index contributed by atoms with van der Waals surface area (Å²) in [5.41, 5.74) is 4.74. The van der Waals surface area contributed by atoms with E-state index in [9.17, 15) is 23.7 Å². The first-order valence-corrected chi connectivity index (χ1v) is 13.4. The predicted octanol–water partition coefficient (Wildman–Crippen LogP) is 4.75. The van der Waals surface area contributed by atoms with E-state index >= 15 is 0 Å². The molecule has 0 aliphatic carbocycles. The molecular formula is C21H21F3N6OSi. The second-order valence-electron chi connectivity index (χ2n) is 8.46. The molecule has 0 bridgehead atoms. The summed E-state index contributed by atoms with van der Waals surface area (Å²) in [5.74, 6) is -0.311. The molecule has 0 radical (unpaired) electrons. The number of hydrogen-bond donors (Lipinski definition) is 1. The van der Waals surface area contributed by atoms with Crippen molar-refractivity contribution in [2.45, 2.75) is 38.6 Å². The van der Waals surface area contributed by atoms with Crippen LogP contribution in [0.3, 0.4) is 0 Å². The topological polar surface area (TPSA) is 114 Å². The third kappa shape index (κ3) is 4.74. The van der Waals surface area contributed by atoms with Gasteiger partial charge in [0.1, 0.15) is 24.4 Å². The number of nitrogen functional groups attached to an aromatic ring is 1. The SMILES string of the molecule is C[Si](C)(C)CCOCn1cc(-c2nc(N)ncc2C(F)(F)F)c2ccc(C#N)c(C#N)c21. The van der Waals surface area contributed by atoms with Gasteiger partial charge in [0, 0.05) is 38.0 Å². The number of aromatic nitrogens is 3. The molecule has 3 aromatic rings. The van der Waals surface area contributed by atoms with Crippen molar-refractivity contribution in [3.05, 3.63) is 41.2 Å². The molecule has 3 rings (SSSR count). The van der Waals surface area contributed by atoms with Crippen molar-refractivity contribution in [1.82, 2.24) is 14.5 Å². The lowest BCUT2D eigenvalue weighted by Crippen LogP contribution is -2.22. The first-order chi connectivity index (χ1) is 15.0. The van der Waals surface area contributed by atoms with Gasteiger partial charge in [-0.3, -0.25) is 0 Å². The van der Waals surface area contributed by atoms with Crippen molar-refractivity contribution >= 4 is 24.9 Å². The largest absolute Gasteiger partial charge is 0.419 e. The lowest BCUT2D eigenvalue weighted by atomic mass is 10.0. The monoisotopic (exact) mass is 458 g/mol. The highest BCUT2D eigenvalue weighted by Gasteiger charge is 2.36. The lowest BCUT2D eigenvalue weighted by molar-refractivity contribution is -0.137. The van der Waals surface area contributed by atoms with Gasteiger partial charge in [0.2, 0.25) is 5.95 Å². The van der Waals surface area contributed by atoms with Crippen LogP contribution in [-0.4, -0.2) is 29.2 Å². The fourth-order valence-electron chi connectivity index (χ4n) is 3.24. The minimum atomic E-state index is -4.71. The lowest BCUT2D eigenvalue weighted by Gasteiger charge is -2.16. The van der Waals surface area contributed by atoms with E-state index < -0.39 is 25.5 Å². The van der Waals surface area contributed by atoms with Gasteiger partial charge in [0.15, 0.2) is 0 Å². The maximum atomic E-state index is 13.7. The van der Waals surface area contributed by atoms with Gasteiger partial charge in [-0.25, -0.2) is 9.97 Å². The molecule has 166 valence electrons. The Morgan fingerprint density at radius 1 is 1.19 bits per heavy atom. The Kier molecular flexibility index (Phi) is 6.26. The summed E-state index contributed by atoms with van der Waals surface area (Å²) in [7, 11) is -1.35. The van der Waals surface area contributed by atoms with E-state index in [1.54, 1.807) is 0 Å². The smallest absolute Gasteiger partial charge is 0.368 e. The molecule has 0 amide bonds. The van der Waals surface area contributed by atoms with Crippen LogP contribution in [0.4, 0.5) is 19.1 Å². The third-order valence-electron chi connectivity index (χ3n) is 4.87. The molecule has 0 atom stereocenters. The van der Waals surface area contributed by atoms with E-state index in [4.69, 9.17) is 10.5 Å². The number of nitrogens with zero attached hydrogens (tertiary/aromatic N) is 5. The van der Waals surface area contributed by atoms with Crippen molar-refractivity contribution in [3.63, 3.8) is 0 Å². The van der Waals surface area contributed by atoms with E-state index in [0.717, 1.165) is 6.04 Å². The number of anilines is 1. The van der Waals surface area contributed by atoms with Gasteiger partial charge in [-0.2, -0.15) is 23.7 Å². The predicted molar refractivity (Wildman–Crippen MR) is 116 cm³/mol. The van der Waals surface area contributed by atoms with Crippen molar-refractivity contribution in [2.75, 3.05) is 12.3 Å². The molecule has 11 heteroatoms. The highest BCUT2D eigenvalue weighted by molar-refractivity contribution is 6.76. The zero-order chi connectivity index (χ0) is 23.7. The molecule has 1 aromatic carbocycles. The Morgan fingerprint density at radius 3 is 2.50 bits per heavy atom. The van der Waals surface area contributed by atoms with E-state index in [1.807, 2.05) is 12.1 Å². The second-order valence-corrected chi connectivity index (χ2v) is 14.1. The van der Waals surface area contributed by atoms with Crippen LogP contribution >= 0.6 is 0 Å². The molecule has 2 aromatic heterocycles. The summed E-state index contributed by atoms with van der Waals surface area (Å²) < 4.78 is 48.3. The number of fused-ring (bicyclic) bond motifs is 1. The van der Waals surface area contributed by atoms with Crippen LogP contribution in [0.1, 0.15) is 16.7 Å². The Bertz CT molecular complexity index is 1250. The van der Waals surface area contributed by atoms with E-state index in [0.29, 0.717) is 23.7 Å². The van der Waals surface area contributed by atoms with Crippen LogP contribution in [0.5, 0.6) is 0 Å². The van der Waals surface area contributed by atoms with Crippen LogP contribution in [0.15, 0.2) is 24.5 Å². The Labute approximate surface area is 183 Å². The molecule has 2 N–H and O–H groups in total. The number of halogens is 3. The average molecular weight is 459 g/mol. The summed E-state index contributed by atoms with van der Waals surface area (Å²) in [6, 6.07) is 7.74. The van der Waals surface area contributed by atoms with Gasteiger partial charge in [-0.05, 0) is 12.1 Å². The maximum absolute atomic E-state index is 13.7. The molecular weight excluding hydrogens is 437 g/mol. The van der Waals surface area contributed by atoms with Crippen LogP contribution in [0, 0.1) is 22.7 Å². The summed E-state index contributed by atoms with van der Waals surface area (Å²) in [4.78, 5) is 7.34.